The van der Waals surface area contributed by atoms with E-state index in [1.165, 1.54) is 21.1 Å². The highest BCUT2D eigenvalue weighted by Crippen LogP contribution is 2.28. The summed E-state index contributed by atoms with van der Waals surface area (Å²) >= 11 is 0. The predicted octanol–water partition coefficient (Wildman–Crippen LogP) is 4.38. The maximum absolute atomic E-state index is 13.1. The molecule has 8 heteroatoms. The zero-order valence-electron chi connectivity index (χ0n) is 21.1. The molecule has 0 bridgehead atoms. The number of aromatic nitrogens is 1. The number of aryl methyl sites for hydroxylation is 1. The van der Waals surface area contributed by atoms with Crippen molar-refractivity contribution in [3.8, 4) is 29.2 Å². The van der Waals surface area contributed by atoms with Gasteiger partial charge in [0.05, 0.1) is 19.8 Å². The molecule has 0 saturated carbocycles. The molecular formula is C28H30N2O6. The first-order valence-electron chi connectivity index (χ1n) is 11.5. The molecule has 1 aromatic heterocycles. The van der Waals surface area contributed by atoms with Crippen molar-refractivity contribution in [3.05, 3.63) is 80.6 Å². The number of carbonyl (C=O) groups excluding carboxylic acids is 1. The molecule has 0 fully saturated rings. The van der Waals surface area contributed by atoms with E-state index in [1.807, 2.05) is 24.3 Å². The standard InChI is InChI=1S/C28H30N2O6/c1-17(2)20-7-9-21(10-8-20)36-16-23(31)26-18(3)22(15-29)27(32)30(28(26)33)13-12-19-6-11-24(34-4)25(14-19)35-5/h6-11,14,17,33H,12-13,16H2,1-5H3. The minimum absolute atomic E-state index is 0.0485. The van der Waals surface area contributed by atoms with Crippen LogP contribution in [-0.4, -0.2) is 36.3 Å². The minimum atomic E-state index is -0.658. The van der Waals surface area contributed by atoms with Gasteiger partial charge in [-0.2, -0.15) is 5.26 Å². The number of nitriles is 1. The first kappa shape index (κ1) is 26.4. The molecule has 0 aliphatic carbocycles. The quantitative estimate of drug-likeness (QED) is 0.420. The van der Waals surface area contributed by atoms with Crippen LogP contribution in [0.3, 0.4) is 0 Å². The fourth-order valence-electron chi connectivity index (χ4n) is 3.94. The molecule has 36 heavy (non-hydrogen) atoms. The fourth-order valence-corrected chi connectivity index (χ4v) is 3.94. The van der Waals surface area contributed by atoms with Crippen LogP contribution in [0.4, 0.5) is 0 Å². The number of ketones is 1. The average molecular weight is 491 g/mol. The summed E-state index contributed by atoms with van der Waals surface area (Å²) in [7, 11) is 3.06. The van der Waals surface area contributed by atoms with Crippen molar-refractivity contribution in [1.29, 1.82) is 5.26 Å². The van der Waals surface area contributed by atoms with Gasteiger partial charge in [0.25, 0.3) is 5.56 Å². The van der Waals surface area contributed by atoms with Gasteiger partial charge in [-0.1, -0.05) is 32.0 Å². The highest BCUT2D eigenvalue weighted by atomic mass is 16.5. The zero-order chi connectivity index (χ0) is 26.4. The Labute approximate surface area is 210 Å². The van der Waals surface area contributed by atoms with Gasteiger partial charge in [-0.15, -0.1) is 0 Å². The van der Waals surface area contributed by atoms with Crippen molar-refractivity contribution >= 4 is 5.78 Å². The fraction of sp³-hybridized carbons (Fsp3) is 0.321. The second-order valence-corrected chi connectivity index (χ2v) is 8.64. The Morgan fingerprint density at radius 1 is 1.08 bits per heavy atom. The summed E-state index contributed by atoms with van der Waals surface area (Å²) < 4.78 is 17.2. The number of carbonyl (C=O) groups is 1. The number of ether oxygens (including phenoxy) is 3. The molecule has 0 radical (unpaired) electrons. The Morgan fingerprint density at radius 2 is 1.75 bits per heavy atom. The van der Waals surface area contributed by atoms with E-state index in [-0.39, 0.29) is 29.8 Å². The molecule has 0 unspecified atom stereocenters. The highest BCUT2D eigenvalue weighted by Gasteiger charge is 2.24. The normalized spacial score (nSPS) is 10.7. The van der Waals surface area contributed by atoms with Gasteiger partial charge in [0.15, 0.2) is 18.1 Å². The smallest absolute Gasteiger partial charge is 0.271 e. The lowest BCUT2D eigenvalue weighted by Gasteiger charge is -2.16. The van der Waals surface area contributed by atoms with Crippen LogP contribution in [0, 0.1) is 18.3 Å². The molecule has 3 aromatic rings. The maximum atomic E-state index is 13.1. The van der Waals surface area contributed by atoms with Gasteiger partial charge in [-0.25, -0.2) is 0 Å². The van der Waals surface area contributed by atoms with Crippen LogP contribution in [0.1, 0.15) is 52.4 Å². The number of pyridine rings is 1. The van der Waals surface area contributed by atoms with Crippen molar-refractivity contribution in [3.63, 3.8) is 0 Å². The number of benzene rings is 2. The number of Topliss-reactive ketones (excluding diaryl/α,β-unsaturated/α-hetero) is 1. The van der Waals surface area contributed by atoms with E-state index < -0.39 is 17.2 Å². The lowest BCUT2D eigenvalue weighted by molar-refractivity contribution is 0.0916. The van der Waals surface area contributed by atoms with Gasteiger partial charge >= 0.3 is 0 Å². The summed E-state index contributed by atoms with van der Waals surface area (Å²) in [6, 6.07) is 14.6. The number of nitrogens with zero attached hydrogens (tertiary/aromatic N) is 2. The van der Waals surface area contributed by atoms with Gasteiger partial charge in [0, 0.05) is 6.54 Å². The van der Waals surface area contributed by atoms with Crippen LogP contribution in [0.5, 0.6) is 23.1 Å². The van der Waals surface area contributed by atoms with Crippen LogP contribution >= 0.6 is 0 Å². The SMILES string of the molecule is COc1ccc(CCn2c(O)c(C(=O)COc3ccc(C(C)C)cc3)c(C)c(C#N)c2=O)cc1OC. The zero-order valence-corrected chi connectivity index (χ0v) is 21.1. The van der Waals surface area contributed by atoms with E-state index in [0.717, 1.165) is 15.7 Å². The molecule has 0 atom stereocenters. The maximum Gasteiger partial charge on any atom is 0.271 e. The summed E-state index contributed by atoms with van der Waals surface area (Å²) in [5.74, 6) is 0.949. The Kier molecular flexibility index (Phi) is 8.38. The van der Waals surface area contributed by atoms with Crippen LogP contribution in [-0.2, 0) is 13.0 Å². The van der Waals surface area contributed by atoms with E-state index in [0.29, 0.717) is 29.6 Å². The number of hydrogen-bond donors (Lipinski definition) is 1. The summed E-state index contributed by atoms with van der Waals surface area (Å²) in [6.45, 7) is 5.33. The number of aromatic hydroxyl groups is 1. The largest absolute Gasteiger partial charge is 0.494 e. The minimum Gasteiger partial charge on any atom is -0.494 e. The molecule has 188 valence electrons. The molecule has 1 N–H and O–H groups in total. The monoisotopic (exact) mass is 490 g/mol. The molecule has 3 rings (SSSR count). The van der Waals surface area contributed by atoms with E-state index in [1.54, 1.807) is 24.3 Å². The van der Waals surface area contributed by atoms with Crippen molar-refractivity contribution in [2.45, 2.75) is 39.7 Å². The molecule has 0 aliphatic heterocycles. The average Bonchev–Trinajstić information content (AvgIpc) is 2.87. The van der Waals surface area contributed by atoms with E-state index in [2.05, 4.69) is 13.8 Å². The van der Waals surface area contributed by atoms with Crippen LogP contribution in [0.25, 0.3) is 0 Å². The van der Waals surface area contributed by atoms with Gasteiger partial charge < -0.3 is 19.3 Å². The third-order valence-electron chi connectivity index (χ3n) is 6.07. The third-order valence-corrected chi connectivity index (χ3v) is 6.07. The van der Waals surface area contributed by atoms with Crippen molar-refractivity contribution in [1.82, 2.24) is 4.57 Å². The second-order valence-electron chi connectivity index (χ2n) is 8.64. The second kappa shape index (κ2) is 11.5. The van der Waals surface area contributed by atoms with Crippen molar-refractivity contribution < 1.29 is 24.1 Å². The number of hydrogen-bond acceptors (Lipinski definition) is 7. The predicted molar refractivity (Wildman–Crippen MR) is 135 cm³/mol. The lowest BCUT2D eigenvalue weighted by Crippen LogP contribution is -2.28. The Hall–Kier alpha value is -4.25. The first-order valence-corrected chi connectivity index (χ1v) is 11.5. The summed E-state index contributed by atoms with van der Waals surface area (Å²) in [6.07, 6.45) is 0.341. The number of methoxy groups -OCH3 is 2. The molecule has 8 nitrogen and oxygen atoms in total. The molecule has 0 amide bonds. The molecule has 0 aliphatic rings. The molecular weight excluding hydrogens is 460 g/mol. The van der Waals surface area contributed by atoms with Crippen LogP contribution in [0.15, 0.2) is 47.3 Å². The van der Waals surface area contributed by atoms with Gasteiger partial charge in [0.1, 0.15) is 17.4 Å². The highest BCUT2D eigenvalue weighted by molar-refractivity contribution is 6.01. The Morgan fingerprint density at radius 3 is 2.33 bits per heavy atom. The molecule has 2 aromatic carbocycles. The van der Waals surface area contributed by atoms with Gasteiger partial charge in [-0.3, -0.25) is 14.2 Å². The first-order chi connectivity index (χ1) is 17.2. The summed E-state index contributed by atoms with van der Waals surface area (Å²) in [5, 5.41) is 20.5. The number of rotatable bonds is 10. The van der Waals surface area contributed by atoms with E-state index >= 15 is 0 Å². The van der Waals surface area contributed by atoms with Crippen molar-refractivity contribution in [2.24, 2.45) is 0 Å². The lowest BCUT2D eigenvalue weighted by atomic mass is 10.0. The Balaban J connectivity index is 1.87. The molecule has 0 saturated heterocycles. The van der Waals surface area contributed by atoms with Crippen LogP contribution in [0.2, 0.25) is 0 Å². The molecule has 0 spiro atoms. The van der Waals surface area contributed by atoms with E-state index in [9.17, 15) is 20.0 Å². The topological polar surface area (TPSA) is 111 Å². The van der Waals surface area contributed by atoms with Crippen molar-refractivity contribution in [2.75, 3.05) is 20.8 Å². The van der Waals surface area contributed by atoms with Gasteiger partial charge in [0.2, 0.25) is 11.7 Å². The van der Waals surface area contributed by atoms with Gasteiger partial charge in [-0.05, 0) is 60.2 Å². The third kappa shape index (κ3) is 5.52. The van der Waals surface area contributed by atoms with E-state index in [4.69, 9.17) is 14.2 Å². The van der Waals surface area contributed by atoms with Crippen LogP contribution < -0.4 is 19.8 Å². The summed E-state index contributed by atoms with van der Waals surface area (Å²) in [5.41, 5.74) is 1.14. The molecule has 1 heterocycles. The Bertz CT molecular complexity index is 1350. The summed E-state index contributed by atoms with van der Waals surface area (Å²) in [4.78, 5) is 26.0.